The van der Waals surface area contributed by atoms with Gasteiger partial charge in [-0.25, -0.2) is 9.97 Å². The zero-order valence-corrected chi connectivity index (χ0v) is 13.6. The van der Waals surface area contributed by atoms with Gasteiger partial charge in [0.25, 0.3) is 0 Å². The van der Waals surface area contributed by atoms with E-state index in [1.54, 1.807) is 0 Å². The van der Waals surface area contributed by atoms with E-state index in [9.17, 15) is 9.59 Å². The van der Waals surface area contributed by atoms with Crippen LogP contribution in [0.5, 0.6) is 0 Å². The molecule has 0 atom stereocenters. The maximum Gasteiger partial charge on any atom is 0.221 e. The topological polar surface area (TPSA) is 72.0 Å². The highest BCUT2D eigenvalue weighted by molar-refractivity contribution is 9.12. The molecule has 0 unspecified atom stereocenters. The van der Waals surface area contributed by atoms with Gasteiger partial charge < -0.3 is 5.32 Å². The van der Waals surface area contributed by atoms with Gasteiger partial charge in [0.05, 0.1) is 10.0 Å². The van der Waals surface area contributed by atoms with Crippen LogP contribution in [-0.4, -0.2) is 21.5 Å². The van der Waals surface area contributed by atoms with Crippen LogP contribution in [0.15, 0.2) is 40.9 Å². The van der Waals surface area contributed by atoms with Crippen LogP contribution in [0.4, 0.5) is 5.69 Å². The van der Waals surface area contributed by atoms with Crippen molar-refractivity contribution in [3.63, 3.8) is 0 Å². The number of halogens is 1. The molecule has 0 bridgehead atoms. The average molecular weight is 358 g/mol. The van der Waals surface area contributed by atoms with Gasteiger partial charge in [-0.2, -0.15) is 0 Å². The van der Waals surface area contributed by atoms with Crippen LogP contribution < -0.4 is 5.32 Å². The molecule has 110 valence electrons. The van der Waals surface area contributed by atoms with Gasteiger partial charge in [-0.1, -0.05) is 17.7 Å². The minimum atomic E-state index is -0.329. The summed E-state index contributed by atoms with van der Waals surface area (Å²) in [6.45, 7) is 3.94. The van der Waals surface area contributed by atoms with Crippen LogP contribution in [0.1, 0.15) is 32.0 Å². The SMILES string of the molecule is Cc1ccc(NC2=C(Br)C(=O)c3ncncc3C2=O)c(C)c1. The van der Waals surface area contributed by atoms with Crippen molar-refractivity contribution in [1.29, 1.82) is 0 Å². The van der Waals surface area contributed by atoms with E-state index in [4.69, 9.17) is 0 Å². The molecular weight excluding hydrogens is 346 g/mol. The molecule has 1 aliphatic rings. The first-order valence-electron chi connectivity index (χ1n) is 6.62. The smallest absolute Gasteiger partial charge is 0.221 e. The Morgan fingerprint density at radius 1 is 1.14 bits per heavy atom. The molecule has 1 aliphatic carbocycles. The molecule has 5 nitrogen and oxygen atoms in total. The molecule has 1 N–H and O–H groups in total. The number of benzene rings is 1. The highest BCUT2D eigenvalue weighted by Gasteiger charge is 2.32. The van der Waals surface area contributed by atoms with Crippen LogP contribution in [0.2, 0.25) is 0 Å². The van der Waals surface area contributed by atoms with Crippen molar-refractivity contribution in [2.45, 2.75) is 13.8 Å². The van der Waals surface area contributed by atoms with Crippen LogP contribution >= 0.6 is 15.9 Å². The van der Waals surface area contributed by atoms with Gasteiger partial charge >= 0.3 is 0 Å². The fourth-order valence-corrected chi connectivity index (χ4v) is 2.80. The van der Waals surface area contributed by atoms with Crippen LogP contribution in [0.25, 0.3) is 0 Å². The van der Waals surface area contributed by atoms with Gasteiger partial charge in [-0.15, -0.1) is 0 Å². The van der Waals surface area contributed by atoms with E-state index in [0.717, 1.165) is 16.8 Å². The molecule has 0 fully saturated rings. The number of rotatable bonds is 2. The number of Topliss-reactive ketones (excluding diaryl/α,β-unsaturated/α-hetero) is 2. The number of allylic oxidation sites excluding steroid dienone is 2. The van der Waals surface area contributed by atoms with Gasteiger partial charge in [0.1, 0.15) is 17.7 Å². The summed E-state index contributed by atoms with van der Waals surface area (Å²) in [6.07, 6.45) is 2.62. The molecule has 1 heterocycles. The lowest BCUT2D eigenvalue weighted by molar-refractivity contribution is 0.0979. The summed E-state index contributed by atoms with van der Waals surface area (Å²) < 4.78 is 0.184. The van der Waals surface area contributed by atoms with Crippen LogP contribution in [-0.2, 0) is 0 Å². The number of nitrogens with zero attached hydrogens (tertiary/aromatic N) is 2. The summed E-state index contributed by atoms with van der Waals surface area (Å²) >= 11 is 3.21. The maximum absolute atomic E-state index is 12.6. The number of nitrogens with one attached hydrogen (secondary N) is 1. The number of hydrogen-bond acceptors (Lipinski definition) is 5. The van der Waals surface area contributed by atoms with E-state index in [1.165, 1.54) is 12.5 Å². The Hall–Kier alpha value is -2.34. The molecule has 0 spiro atoms. The summed E-state index contributed by atoms with van der Waals surface area (Å²) in [6, 6.07) is 5.83. The number of carbonyl (C=O) groups is 2. The van der Waals surface area contributed by atoms with Crippen molar-refractivity contribution in [3.05, 3.63) is 63.3 Å². The molecular formula is C16H12BrN3O2. The van der Waals surface area contributed by atoms with Gasteiger partial charge in [-0.3, -0.25) is 9.59 Å². The third-order valence-electron chi connectivity index (χ3n) is 3.46. The molecule has 0 saturated heterocycles. The molecule has 6 heteroatoms. The van der Waals surface area contributed by atoms with Crippen molar-refractivity contribution in [3.8, 4) is 0 Å². The van der Waals surface area contributed by atoms with Gasteiger partial charge in [0, 0.05) is 11.9 Å². The van der Waals surface area contributed by atoms with Gasteiger partial charge in [-0.05, 0) is 41.4 Å². The number of carbonyl (C=O) groups excluding carboxylic acids is 2. The van der Waals surface area contributed by atoms with Gasteiger partial charge in [0.2, 0.25) is 11.6 Å². The largest absolute Gasteiger partial charge is 0.351 e. The number of aryl methyl sites for hydroxylation is 2. The molecule has 3 rings (SSSR count). The number of ketones is 2. The van der Waals surface area contributed by atoms with E-state index >= 15 is 0 Å². The summed E-state index contributed by atoms with van der Waals surface area (Å²) in [5.41, 5.74) is 3.43. The predicted molar refractivity (Wildman–Crippen MR) is 86.2 cm³/mol. The Morgan fingerprint density at radius 2 is 1.91 bits per heavy atom. The van der Waals surface area contributed by atoms with Crippen LogP contribution in [0.3, 0.4) is 0 Å². The van der Waals surface area contributed by atoms with Crippen LogP contribution in [0, 0.1) is 13.8 Å². The molecule has 0 amide bonds. The number of anilines is 1. The quantitative estimate of drug-likeness (QED) is 0.893. The first-order valence-corrected chi connectivity index (χ1v) is 7.42. The molecule has 0 radical (unpaired) electrons. The average Bonchev–Trinajstić information content (AvgIpc) is 2.51. The summed E-state index contributed by atoms with van der Waals surface area (Å²) in [5.74, 6) is -0.633. The van der Waals surface area contributed by atoms with Crippen molar-refractivity contribution >= 4 is 33.2 Å². The molecule has 0 aliphatic heterocycles. The molecule has 2 aromatic rings. The number of aromatic nitrogens is 2. The van der Waals surface area contributed by atoms with Crippen molar-refractivity contribution < 1.29 is 9.59 Å². The second-order valence-electron chi connectivity index (χ2n) is 5.08. The van der Waals surface area contributed by atoms with Crippen molar-refractivity contribution in [1.82, 2.24) is 9.97 Å². The van der Waals surface area contributed by atoms with E-state index in [0.29, 0.717) is 0 Å². The maximum atomic E-state index is 12.6. The second kappa shape index (κ2) is 5.46. The molecule has 0 saturated carbocycles. The lowest BCUT2D eigenvalue weighted by Crippen LogP contribution is -2.25. The van der Waals surface area contributed by atoms with Gasteiger partial charge in [0.15, 0.2) is 0 Å². The minimum Gasteiger partial charge on any atom is -0.351 e. The highest BCUT2D eigenvalue weighted by Crippen LogP contribution is 2.30. The Bertz CT molecular complexity index is 843. The number of hydrogen-bond donors (Lipinski definition) is 1. The molecule has 1 aromatic carbocycles. The first-order chi connectivity index (χ1) is 10.5. The van der Waals surface area contributed by atoms with E-state index < -0.39 is 0 Å². The Morgan fingerprint density at radius 3 is 2.64 bits per heavy atom. The van der Waals surface area contributed by atoms with E-state index in [1.807, 2.05) is 32.0 Å². The fourth-order valence-electron chi connectivity index (χ4n) is 2.33. The monoisotopic (exact) mass is 357 g/mol. The highest BCUT2D eigenvalue weighted by atomic mass is 79.9. The predicted octanol–water partition coefficient (Wildman–Crippen LogP) is 3.19. The lowest BCUT2D eigenvalue weighted by atomic mass is 9.98. The zero-order chi connectivity index (χ0) is 15.9. The molecule has 22 heavy (non-hydrogen) atoms. The Balaban J connectivity index is 2.05. The van der Waals surface area contributed by atoms with E-state index in [2.05, 4.69) is 31.2 Å². The first kappa shape index (κ1) is 14.6. The van der Waals surface area contributed by atoms with E-state index in [-0.39, 0.29) is 33.0 Å². The third-order valence-corrected chi connectivity index (χ3v) is 4.22. The second-order valence-corrected chi connectivity index (χ2v) is 5.87. The normalized spacial score (nSPS) is 14.1. The summed E-state index contributed by atoms with van der Waals surface area (Å²) in [7, 11) is 0. The van der Waals surface area contributed by atoms with Crippen molar-refractivity contribution in [2.24, 2.45) is 0 Å². The van der Waals surface area contributed by atoms with Crippen molar-refractivity contribution in [2.75, 3.05) is 5.32 Å². The minimum absolute atomic E-state index is 0.123. The Kier molecular flexibility index (Phi) is 3.62. The standard InChI is InChI=1S/C16H12BrN3O2/c1-8-3-4-11(9(2)5-8)20-14-12(17)16(22)13-10(15(14)21)6-18-7-19-13/h3-7,20H,1-2H3. The molecule has 1 aromatic heterocycles. The fraction of sp³-hybridized carbons (Fsp3) is 0.125. The lowest BCUT2D eigenvalue weighted by Gasteiger charge is -2.19. The number of fused-ring (bicyclic) bond motifs is 1. The summed E-state index contributed by atoms with van der Waals surface area (Å²) in [5, 5.41) is 3.05. The zero-order valence-electron chi connectivity index (χ0n) is 12.0. The Labute approximate surface area is 135 Å². The third kappa shape index (κ3) is 2.35. The summed E-state index contributed by atoms with van der Waals surface area (Å²) in [4.78, 5) is 32.6.